The van der Waals surface area contributed by atoms with Crippen LogP contribution in [0.3, 0.4) is 0 Å². The monoisotopic (exact) mass is 224 g/mol. The lowest BCUT2D eigenvalue weighted by Crippen LogP contribution is -2.33. The zero-order chi connectivity index (χ0) is 12.2. The molecule has 2 nitrogen and oxygen atoms in total. The average Bonchev–Trinajstić information content (AvgIpc) is 2.16. The standard InChI is InChI=1S/C13H21FN2/c1-5-6-16-12(13(2,3)4)10-7-11(14)9-15-8-10/h7-9,12,16H,5-6H2,1-4H3. The van der Waals surface area contributed by atoms with Crippen LogP contribution in [0, 0.1) is 11.2 Å². The van der Waals surface area contributed by atoms with Gasteiger partial charge < -0.3 is 5.32 Å². The van der Waals surface area contributed by atoms with Gasteiger partial charge >= 0.3 is 0 Å². The molecule has 0 amide bonds. The molecular weight excluding hydrogens is 203 g/mol. The van der Waals surface area contributed by atoms with E-state index in [9.17, 15) is 4.39 Å². The Morgan fingerprint density at radius 3 is 2.56 bits per heavy atom. The summed E-state index contributed by atoms with van der Waals surface area (Å²) in [7, 11) is 0. The van der Waals surface area contributed by atoms with Crippen molar-refractivity contribution in [3.05, 3.63) is 29.8 Å². The van der Waals surface area contributed by atoms with Gasteiger partial charge in [0.25, 0.3) is 0 Å². The van der Waals surface area contributed by atoms with Crippen molar-refractivity contribution in [2.75, 3.05) is 6.54 Å². The van der Waals surface area contributed by atoms with Gasteiger partial charge in [0.2, 0.25) is 0 Å². The van der Waals surface area contributed by atoms with Crippen molar-refractivity contribution in [1.29, 1.82) is 0 Å². The Morgan fingerprint density at radius 2 is 2.06 bits per heavy atom. The lowest BCUT2D eigenvalue weighted by atomic mass is 9.83. The van der Waals surface area contributed by atoms with Crippen LogP contribution in [0.5, 0.6) is 0 Å². The molecule has 0 saturated carbocycles. The molecular formula is C13H21FN2. The van der Waals surface area contributed by atoms with Crippen LogP contribution in [0.15, 0.2) is 18.5 Å². The second-order valence-corrected chi connectivity index (χ2v) is 5.19. The van der Waals surface area contributed by atoms with Crippen LogP contribution < -0.4 is 5.32 Å². The van der Waals surface area contributed by atoms with E-state index < -0.39 is 0 Å². The highest BCUT2D eigenvalue weighted by molar-refractivity contribution is 5.17. The van der Waals surface area contributed by atoms with Crippen LogP contribution in [-0.4, -0.2) is 11.5 Å². The van der Waals surface area contributed by atoms with Gasteiger partial charge in [0.05, 0.1) is 6.20 Å². The molecule has 0 aliphatic carbocycles. The predicted molar refractivity (Wildman–Crippen MR) is 64.7 cm³/mol. The zero-order valence-corrected chi connectivity index (χ0v) is 10.5. The topological polar surface area (TPSA) is 24.9 Å². The average molecular weight is 224 g/mol. The van der Waals surface area contributed by atoms with Crippen molar-refractivity contribution in [3.8, 4) is 0 Å². The van der Waals surface area contributed by atoms with Crippen LogP contribution in [0.1, 0.15) is 45.7 Å². The van der Waals surface area contributed by atoms with Crippen molar-refractivity contribution < 1.29 is 4.39 Å². The first-order valence-electron chi connectivity index (χ1n) is 5.79. The number of pyridine rings is 1. The van der Waals surface area contributed by atoms with Crippen LogP contribution in [-0.2, 0) is 0 Å². The van der Waals surface area contributed by atoms with Gasteiger partial charge in [-0.2, -0.15) is 0 Å². The third-order valence-corrected chi connectivity index (χ3v) is 2.52. The minimum atomic E-state index is -0.273. The summed E-state index contributed by atoms with van der Waals surface area (Å²) >= 11 is 0. The van der Waals surface area contributed by atoms with E-state index in [1.807, 2.05) is 0 Å². The van der Waals surface area contributed by atoms with Crippen LogP contribution in [0.25, 0.3) is 0 Å². The van der Waals surface area contributed by atoms with Crippen molar-refractivity contribution in [1.82, 2.24) is 10.3 Å². The minimum Gasteiger partial charge on any atom is -0.309 e. The number of rotatable bonds is 4. The van der Waals surface area contributed by atoms with E-state index in [1.54, 1.807) is 12.3 Å². The fourth-order valence-electron chi connectivity index (χ4n) is 1.80. The molecule has 0 radical (unpaired) electrons. The quantitative estimate of drug-likeness (QED) is 0.848. The second kappa shape index (κ2) is 5.39. The maximum absolute atomic E-state index is 13.1. The van der Waals surface area contributed by atoms with Gasteiger partial charge in [-0.25, -0.2) is 4.39 Å². The van der Waals surface area contributed by atoms with Crippen molar-refractivity contribution >= 4 is 0 Å². The lowest BCUT2D eigenvalue weighted by Gasteiger charge is -2.31. The molecule has 1 unspecified atom stereocenters. The molecule has 0 saturated heterocycles. The molecule has 0 aliphatic heterocycles. The van der Waals surface area contributed by atoms with Crippen LogP contribution in [0.2, 0.25) is 0 Å². The molecule has 90 valence electrons. The van der Waals surface area contributed by atoms with Gasteiger partial charge in [0, 0.05) is 12.2 Å². The largest absolute Gasteiger partial charge is 0.309 e. The van der Waals surface area contributed by atoms with Crippen molar-refractivity contribution in [3.63, 3.8) is 0 Å². The van der Waals surface area contributed by atoms with Crippen LogP contribution >= 0.6 is 0 Å². The summed E-state index contributed by atoms with van der Waals surface area (Å²) in [5.74, 6) is -0.273. The summed E-state index contributed by atoms with van der Waals surface area (Å²) in [6.07, 6.45) is 4.04. The lowest BCUT2D eigenvalue weighted by molar-refractivity contribution is 0.272. The summed E-state index contributed by atoms with van der Waals surface area (Å²) in [5.41, 5.74) is 0.964. The summed E-state index contributed by atoms with van der Waals surface area (Å²) in [4.78, 5) is 3.91. The molecule has 1 rings (SSSR count). The molecule has 1 heterocycles. The summed E-state index contributed by atoms with van der Waals surface area (Å²) in [6, 6.07) is 1.70. The molecule has 0 aromatic carbocycles. The summed E-state index contributed by atoms with van der Waals surface area (Å²) < 4.78 is 13.1. The molecule has 1 atom stereocenters. The van der Waals surface area contributed by atoms with Gasteiger partial charge in [-0.05, 0) is 30.0 Å². The smallest absolute Gasteiger partial charge is 0.141 e. The van der Waals surface area contributed by atoms with Gasteiger partial charge in [-0.3, -0.25) is 4.98 Å². The van der Waals surface area contributed by atoms with Crippen LogP contribution in [0.4, 0.5) is 4.39 Å². The maximum Gasteiger partial charge on any atom is 0.141 e. The van der Waals surface area contributed by atoms with E-state index in [1.165, 1.54) is 6.20 Å². The SMILES string of the molecule is CCCNC(c1cncc(F)c1)C(C)(C)C. The molecule has 3 heteroatoms. The van der Waals surface area contributed by atoms with E-state index in [4.69, 9.17) is 0 Å². The Bertz CT molecular complexity index is 331. The van der Waals surface area contributed by atoms with E-state index in [-0.39, 0.29) is 17.3 Å². The molecule has 1 aromatic heterocycles. The normalized spacial score (nSPS) is 13.8. The first kappa shape index (κ1) is 13.1. The molecule has 0 bridgehead atoms. The Labute approximate surface area is 97.3 Å². The minimum absolute atomic E-state index is 0.0463. The van der Waals surface area contributed by atoms with Gasteiger partial charge in [-0.15, -0.1) is 0 Å². The number of halogens is 1. The Kier molecular flexibility index (Phi) is 4.42. The molecule has 16 heavy (non-hydrogen) atoms. The molecule has 0 spiro atoms. The first-order chi connectivity index (χ1) is 7.45. The number of hydrogen-bond donors (Lipinski definition) is 1. The Morgan fingerprint density at radius 1 is 1.38 bits per heavy atom. The van der Waals surface area contributed by atoms with E-state index >= 15 is 0 Å². The maximum atomic E-state index is 13.1. The van der Waals surface area contributed by atoms with Crippen molar-refractivity contribution in [2.24, 2.45) is 5.41 Å². The Hall–Kier alpha value is -0.960. The fraction of sp³-hybridized carbons (Fsp3) is 0.615. The van der Waals surface area contributed by atoms with Crippen molar-refractivity contribution in [2.45, 2.75) is 40.2 Å². The highest BCUT2D eigenvalue weighted by atomic mass is 19.1. The number of hydrogen-bond acceptors (Lipinski definition) is 2. The predicted octanol–water partition coefficient (Wildman–Crippen LogP) is 3.31. The Balaban J connectivity index is 2.92. The number of nitrogens with zero attached hydrogens (tertiary/aromatic N) is 1. The fourth-order valence-corrected chi connectivity index (χ4v) is 1.80. The molecule has 0 aliphatic rings. The highest BCUT2D eigenvalue weighted by Crippen LogP contribution is 2.32. The third-order valence-electron chi connectivity index (χ3n) is 2.52. The molecule has 1 N–H and O–H groups in total. The molecule has 0 fully saturated rings. The van der Waals surface area contributed by atoms with Gasteiger partial charge in [0.1, 0.15) is 5.82 Å². The number of nitrogens with one attached hydrogen (secondary N) is 1. The van der Waals surface area contributed by atoms with E-state index in [0.717, 1.165) is 18.5 Å². The third kappa shape index (κ3) is 3.56. The second-order valence-electron chi connectivity index (χ2n) is 5.19. The number of aromatic nitrogens is 1. The van der Waals surface area contributed by atoms with E-state index in [0.29, 0.717) is 0 Å². The molecule has 1 aromatic rings. The van der Waals surface area contributed by atoms with Gasteiger partial charge in [0.15, 0.2) is 0 Å². The van der Waals surface area contributed by atoms with E-state index in [2.05, 4.69) is 38.0 Å². The highest BCUT2D eigenvalue weighted by Gasteiger charge is 2.25. The van der Waals surface area contributed by atoms with Gasteiger partial charge in [-0.1, -0.05) is 27.7 Å². The summed E-state index contributed by atoms with van der Waals surface area (Å²) in [5, 5.41) is 3.45. The first-order valence-corrected chi connectivity index (χ1v) is 5.79. The zero-order valence-electron chi connectivity index (χ0n) is 10.5. The summed E-state index contributed by atoms with van der Waals surface area (Å²) in [6.45, 7) is 9.48.